The first-order chi connectivity index (χ1) is 7.65. The van der Waals surface area contributed by atoms with Gasteiger partial charge in [-0.25, -0.2) is 4.98 Å². The second-order valence-electron chi connectivity index (χ2n) is 3.66. The zero-order valence-corrected chi connectivity index (χ0v) is 11.3. The zero-order valence-electron chi connectivity index (χ0n) is 8.85. The van der Waals surface area contributed by atoms with E-state index in [1.165, 1.54) is 0 Å². The molecule has 0 aliphatic rings. The Hall–Kier alpha value is -0.710. The molecule has 1 N–H and O–H groups in total. The van der Waals surface area contributed by atoms with E-state index in [1.54, 1.807) is 11.3 Å². The van der Waals surface area contributed by atoms with Crippen LogP contribution >= 0.6 is 27.3 Å². The molecule has 0 amide bonds. The van der Waals surface area contributed by atoms with E-state index in [4.69, 9.17) is 0 Å². The molecule has 16 heavy (non-hydrogen) atoms. The van der Waals surface area contributed by atoms with E-state index in [1.807, 2.05) is 36.6 Å². The Balaban J connectivity index is 2.11. The van der Waals surface area contributed by atoms with Gasteiger partial charge in [-0.15, -0.1) is 11.3 Å². The van der Waals surface area contributed by atoms with Crippen LogP contribution in [0.1, 0.15) is 22.4 Å². The summed E-state index contributed by atoms with van der Waals surface area (Å²) in [5.41, 5.74) is 1.93. The number of aryl methyl sites for hydroxylation is 1. The smallest absolute Gasteiger partial charge is 0.0957 e. The number of aromatic nitrogens is 1. The van der Waals surface area contributed by atoms with Gasteiger partial charge in [0, 0.05) is 22.0 Å². The van der Waals surface area contributed by atoms with Gasteiger partial charge in [0.15, 0.2) is 0 Å². The minimum absolute atomic E-state index is 0.483. The van der Waals surface area contributed by atoms with Gasteiger partial charge < -0.3 is 5.11 Å². The molecule has 0 saturated heterocycles. The minimum Gasteiger partial charge on any atom is -0.388 e. The topological polar surface area (TPSA) is 33.1 Å². The maximum Gasteiger partial charge on any atom is 0.0957 e. The summed E-state index contributed by atoms with van der Waals surface area (Å²) in [6, 6.07) is 7.74. The number of aliphatic hydroxyl groups excluding tert-OH is 1. The molecule has 1 atom stereocenters. The van der Waals surface area contributed by atoms with Crippen molar-refractivity contribution < 1.29 is 5.11 Å². The van der Waals surface area contributed by atoms with E-state index in [2.05, 4.69) is 20.9 Å². The molecule has 1 aromatic heterocycles. The van der Waals surface area contributed by atoms with Crippen LogP contribution in [0.2, 0.25) is 0 Å². The molecule has 4 heteroatoms. The highest BCUT2D eigenvalue weighted by molar-refractivity contribution is 9.10. The Labute approximate surface area is 107 Å². The van der Waals surface area contributed by atoms with Gasteiger partial charge in [-0.2, -0.15) is 0 Å². The Morgan fingerprint density at radius 1 is 1.50 bits per heavy atom. The lowest BCUT2D eigenvalue weighted by atomic mass is 10.1. The van der Waals surface area contributed by atoms with Crippen LogP contribution < -0.4 is 0 Å². The average molecular weight is 298 g/mol. The van der Waals surface area contributed by atoms with E-state index < -0.39 is 6.10 Å². The number of halogens is 1. The van der Waals surface area contributed by atoms with Crippen molar-refractivity contribution >= 4 is 27.3 Å². The molecule has 0 aliphatic heterocycles. The second kappa shape index (κ2) is 5.08. The number of rotatable bonds is 3. The third-order valence-corrected chi connectivity index (χ3v) is 3.75. The van der Waals surface area contributed by atoms with Crippen LogP contribution in [0.4, 0.5) is 0 Å². The lowest BCUT2D eigenvalue weighted by Gasteiger charge is -2.09. The molecule has 1 aromatic carbocycles. The van der Waals surface area contributed by atoms with Gasteiger partial charge in [0.05, 0.1) is 11.1 Å². The minimum atomic E-state index is -0.483. The monoisotopic (exact) mass is 297 g/mol. The molecule has 2 rings (SSSR count). The number of thiazole rings is 1. The van der Waals surface area contributed by atoms with E-state index in [0.717, 1.165) is 20.7 Å². The van der Waals surface area contributed by atoms with Crippen LogP contribution in [0.5, 0.6) is 0 Å². The van der Waals surface area contributed by atoms with Crippen molar-refractivity contribution in [2.45, 2.75) is 19.4 Å². The first-order valence-electron chi connectivity index (χ1n) is 4.99. The summed E-state index contributed by atoms with van der Waals surface area (Å²) >= 11 is 4.99. The number of hydrogen-bond donors (Lipinski definition) is 1. The fourth-order valence-electron chi connectivity index (χ4n) is 1.49. The molecule has 2 aromatic rings. The van der Waals surface area contributed by atoms with Crippen LogP contribution in [0, 0.1) is 6.92 Å². The van der Waals surface area contributed by atoms with Crippen LogP contribution in [-0.4, -0.2) is 10.1 Å². The number of nitrogens with zero attached hydrogens (tertiary/aromatic N) is 1. The van der Waals surface area contributed by atoms with E-state index in [-0.39, 0.29) is 0 Å². The summed E-state index contributed by atoms with van der Waals surface area (Å²) in [6.07, 6.45) is 0.0950. The predicted octanol–water partition coefficient (Wildman–Crippen LogP) is 3.49. The zero-order chi connectivity index (χ0) is 11.5. The van der Waals surface area contributed by atoms with Crippen LogP contribution in [0.15, 0.2) is 34.1 Å². The van der Waals surface area contributed by atoms with Crippen molar-refractivity contribution in [3.05, 3.63) is 50.4 Å². The van der Waals surface area contributed by atoms with Crippen molar-refractivity contribution in [2.75, 3.05) is 0 Å². The molecule has 0 saturated carbocycles. The maximum absolute atomic E-state index is 10.1. The van der Waals surface area contributed by atoms with E-state index in [0.29, 0.717) is 6.42 Å². The van der Waals surface area contributed by atoms with Crippen LogP contribution in [0.3, 0.4) is 0 Å². The second-order valence-corrected chi connectivity index (χ2v) is 5.52. The lowest BCUT2D eigenvalue weighted by molar-refractivity contribution is 0.178. The summed E-state index contributed by atoms with van der Waals surface area (Å²) in [6.45, 7) is 1.96. The third-order valence-electron chi connectivity index (χ3n) is 2.27. The first kappa shape index (κ1) is 11.8. The Morgan fingerprint density at radius 3 is 2.94 bits per heavy atom. The van der Waals surface area contributed by atoms with Gasteiger partial charge in [0.2, 0.25) is 0 Å². The first-order valence-corrected chi connectivity index (χ1v) is 6.67. The Morgan fingerprint density at radius 2 is 2.31 bits per heavy atom. The Bertz CT molecular complexity index is 483. The van der Waals surface area contributed by atoms with Gasteiger partial charge in [-0.3, -0.25) is 0 Å². The van der Waals surface area contributed by atoms with Gasteiger partial charge in [-0.1, -0.05) is 28.1 Å². The summed E-state index contributed by atoms with van der Waals surface area (Å²) in [4.78, 5) is 4.35. The largest absolute Gasteiger partial charge is 0.388 e. The van der Waals surface area contributed by atoms with Gasteiger partial charge in [0.25, 0.3) is 0 Å². The molecule has 84 valence electrons. The van der Waals surface area contributed by atoms with Gasteiger partial charge in [0.1, 0.15) is 0 Å². The highest BCUT2D eigenvalue weighted by Gasteiger charge is 2.10. The number of aliphatic hydroxyl groups is 1. The van der Waals surface area contributed by atoms with Crippen molar-refractivity contribution in [1.82, 2.24) is 4.98 Å². The molecule has 0 spiro atoms. The molecule has 0 radical (unpaired) electrons. The highest BCUT2D eigenvalue weighted by Crippen LogP contribution is 2.22. The SMILES string of the molecule is Cc1csc(CC(O)c2cccc(Br)c2)n1. The molecular weight excluding hydrogens is 286 g/mol. The van der Waals surface area contributed by atoms with Crippen molar-refractivity contribution in [3.63, 3.8) is 0 Å². The molecule has 1 unspecified atom stereocenters. The van der Waals surface area contributed by atoms with Crippen LogP contribution in [0.25, 0.3) is 0 Å². The summed E-state index contributed by atoms with van der Waals surface area (Å²) in [5, 5.41) is 13.0. The predicted molar refractivity (Wildman–Crippen MR) is 69.7 cm³/mol. The van der Waals surface area contributed by atoms with E-state index >= 15 is 0 Å². The van der Waals surface area contributed by atoms with Crippen molar-refractivity contribution in [3.8, 4) is 0 Å². The normalized spacial score (nSPS) is 12.7. The van der Waals surface area contributed by atoms with Crippen molar-refractivity contribution in [2.24, 2.45) is 0 Å². The highest BCUT2D eigenvalue weighted by atomic mass is 79.9. The molecule has 1 heterocycles. The molecule has 0 bridgehead atoms. The lowest BCUT2D eigenvalue weighted by Crippen LogP contribution is -2.01. The summed E-state index contributed by atoms with van der Waals surface area (Å²) < 4.78 is 0.986. The maximum atomic E-state index is 10.1. The molecule has 0 aliphatic carbocycles. The van der Waals surface area contributed by atoms with Gasteiger partial charge >= 0.3 is 0 Å². The summed E-state index contributed by atoms with van der Waals surface area (Å²) in [7, 11) is 0. The summed E-state index contributed by atoms with van der Waals surface area (Å²) in [5.74, 6) is 0. The third kappa shape index (κ3) is 2.90. The standard InChI is InChI=1S/C12H12BrNOS/c1-8-7-16-12(14-8)6-11(15)9-3-2-4-10(13)5-9/h2-5,7,11,15H,6H2,1H3. The molecular formula is C12H12BrNOS. The fraction of sp³-hybridized carbons (Fsp3) is 0.250. The molecule has 0 fully saturated rings. The van der Waals surface area contributed by atoms with Crippen LogP contribution in [-0.2, 0) is 6.42 Å². The molecule has 2 nitrogen and oxygen atoms in total. The van der Waals surface area contributed by atoms with Gasteiger partial charge in [-0.05, 0) is 24.6 Å². The number of hydrogen-bond acceptors (Lipinski definition) is 3. The van der Waals surface area contributed by atoms with Crippen molar-refractivity contribution in [1.29, 1.82) is 0 Å². The number of benzene rings is 1. The van der Waals surface area contributed by atoms with E-state index in [9.17, 15) is 5.11 Å². The average Bonchev–Trinajstić information content (AvgIpc) is 2.64. The fourth-order valence-corrected chi connectivity index (χ4v) is 2.72. The Kier molecular flexibility index (Phi) is 3.74. The quantitative estimate of drug-likeness (QED) is 0.941.